The van der Waals surface area contributed by atoms with Crippen LogP contribution in [0.5, 0.6) is 0 Å². The van der Waals surface area contributed by atoms with Crippen molar-refractivity contribution in [3.05, 3.63) is 77.8 Å². The smallest absolute Gasteiger partial charge is 0.354 e. The Labute approximate surface area is 144 Å². The van der Waals surface area contributed by atoms with Gasteiger partial charge in [-0.1, -0.05) is 12.1 Å². The third-order valence-corrected chi connectivity index (χ3v) is 4.05. The van der Waals surface area contributed by atoms with Crippen LogP contribution in [-0.2, 0) is 5.41 Å². The minimum Gasteiger partial charge on any atom is -0.477 e. The minimum absolute atomic E-state index is 0.0260. The molecule has 25 heavy (non-hydrogen) atoms. The number of pyridine rings is 3. The van der Waals surface area contributed by atoms with Gasteiger partial charge in [0.05, 0.1) is 23.3 Å². The first-order valence-electron chi connectivity index (χ1n) is 7.68. The Bertz CT molecular complexity index is 941. The maximum Gasteiger partial charge on any atom is 0.354 e. The van der Waals surface area contributed by atoms with E-state index in [1.54, 1.807) is 30.3 Å². The fraction of sp³-hybridized carbons (Fsp3) is 0.158. The van der Waals surface area contributed by atoms with E-state index in [0.29, 0.717) is 22.6 Å². The molecular formula is C19H16FN3O2. The molecule has 3 heterocycles. The van der Waals surface area contributed by atoms with E-state index < -0.39 is 17.2 Å². The molecule has 0 radical (unpaired) electrons. The van der Waals surface area contributed by atoms with Crippen molar-refractivity contribution >= 4 is 5.97 Å². The molecule has 0 aromatic carbocycles. The number of carbonyl (C=O) groups is 1. The summed E-state index contributed by atoms with van der Waals surface area (Å²) in [6.07, 6.45) is 2.66. The molecule has 0 amide bonds. The maximum absolute atomic E-state index is 14.0. The van der Waals surface area contributed by atoms with Crippen molar-refractivity contribution in [1.29, 1.82) is 0 Å². The van der Waals surface area contributed by atoms with Gasteiger partial charge >= 0.3 is 5.97 Å². The summed E-state index contributed by atoms with van der Waals surface area (Å²) >= 11 is 0. The molecule has 126 valence electrons. The van der Waals surface area contributed by atoms with Crippen LogP contribution in [0.2, 0.25) is 0 Å². The van der Waals surface area contributed by atoms with Crippen LogP contribution in [-0.4, -0.2) is 26.0 Å². The Hall–Kier alpha value is -3.15. The summed E-state index contributed by atoms with van der Waals surface area (Å²) in [5.74, 6) is -1.53. The van der Waals surface area contributed by atoms with Gasteiger partial charge in [0, 0.05) is 17.2 Å². The molecule has 3 rings (SSSR count). The average molecular weight is 337 g/mol. The summed E-state index contributed by atoms with van der Waals surface area (Å²) in [7, 11) is 0. The van der Waals surface area contributed by atoms with Crippen molar-refractivity contribution < 1.29 is 14.3 Å². The number of nitrogens with zero attached hydrogens (tertiary/aromatic N) is 3. The van der Waals surface area contributed by atoms with Crippen LogP contribution in [0.3, 0.4) is 0 Å². The number of carboxylic acids is 1. The molecule has 0 aliphatic heterocycles. The van der Waals surface area contributed by atoms with Gasteiger partial charge in [-0.2, -0.15) is 0 Å². The lowest BCUT2D eigenvalue weighted by Gasteiger charge is -2.24. The molecule has 0 bridgehead atoms. The lowest BCUT2D eigenvalue weighted by Crippen LogP contribution is -2.23. The zero-order valence-electron chi connectivity index (χ0n) is 13.8. The molecule has 0 saturated heterocycles. The van der Waals surface area contributed by atoms with Crippen LogP contribution >= 0.6 is 0 Å². The Kier molecular flexibility index (Phi) is 4.27. The highest BCUT2D eigenvalue weighted by Gasteiger charge is 2.27. The predicted octanol–water partition coefficient (Wildman–Crippen LogP) is 3.70. The van der Waals surface area contributed by atoms with E-state index in [1.165, 1.54) is 12.3 Å². The van der Waals surface area contributed by atoms with Crippen molar-refractivity contribution in [1.82, 2.24) is 15.0 Å². The molecule has 0 fully saturated rings. The first-order valence-corrected chi connectivity index (χ1v) is 7.68. The lowest BCUT2D eigenvalue weighted by atomic mass is 9.84. The number of aromatic carboxylic acids is 1. The van der Waals surface area contributed by atoms with Crippen molar-refractivity contribution in [2.75, 3.05) is 0 Å². The number of carboxylic acid groups (broad SMARTS) is 1. The molecule has 3 aromatic heterocycles. The van der Waals surface area contributed by atoms with Crippen LogP contribution in [0.4, 0.5) is 4.39 Å². The van der Waals surface area contributed by atoms with Crippen LogP contribution < -0.4 is 0 Å². The van der Waals surface area contributed by atoms with Gasteiger partial charge in [-0.3, -0.25) is 9.97 Å². The van der Waals surface area contributed by atoms with Gasteiger partial charge in [0.15, 0.2) is 5.82 Å². The SMILES string of the molecule is CC(C)(c1cccc(C(=O)O)n1)c1cccc(-c2ccncc2F)n1. The van der Waals surface area contributed by atoms with Gasteiger partial charge in [-0.05, 0) is 44.2 Å². The second kappa shape index (κ2) is 6.39. The summed E-state index contributed by atoms with van der Waals surface area (Å²) in [4.78, 5) is 23.7. The summed E-state index contributed by atoms with van der Waals surface area (Å²) in [6.45, 7) is 3.80. The number of hydrogen-bond acceptors (Lipinski definition) is 4. The van der Waals surface area contributed by atoms with Crippen molar-refractivity contribution in [3.63, 3.8) is 0 Å². The third-order valence-electron chi connectivity index (χ3n) is 4.05. The van der Waals surface area contributed by atoms with Crippen molar-refractivity contribution in [2.24, 2.45) is 0 Å². The van der Waals surface area contributed by atoms with Gasteiger partial charge < -0.3 is 5.11 Å². The predicted molar refractivity (Wildman–Crippen MR) is 90.8 cm³/mol. The Morgan fingerprint density at radius 1 is 1.04 bits per heavy atom. The summed E-state index contributed by atoms with van der Waals surface area (Å²) in [6, 6.07) is 11.8. The number of hydrogen-bond donors (Lipinski definition) is 1. The summed E-state index contributed by atoms with van der Waals surface area (Å²) in [5.41, 5.74) is 1.41. The molecule has 0 saturated carbocycles. The number of halogens is 1. The van der Waals surface area contributed by atoms with Gasteiger partial charge in [0.25, 0.3) is 0 Å². The quantitative estimate of drug-likeness (QED) is 0.785. The summed E-state index contributed by atoms with van der Waals surface area (Å²) < 4.78 is 14.0. The Morgan fingerprint density at radius 2 is 1.72 bits per heavy atom. The highest BCUT2D eigenvalue weighted by atomic mass is 19.1. The van der Waals surface area contributed by atoms with Gasteiger partial charge in [-0.15, -0.1) is 0 Å². The molecule has 5 nitrogen and oxygen atoms in total. The van der Waals surface area contributed by atoms with E-state index in [2.05, 4.69) is 15.0 Å². The molecule has 3 aromatic rings. The Morgan fingerprint density at radius 3 is 2.40 bits per heavy atom. The van der Waals surface area contributed by atoms with Gasteiger partial charge in [-0.25, -0.2) is 14.2 Å². The second-order valence-electron chi connectivity index (χ2n) is 6.10. The van der Waals surface area contributed by atoms with E-state index >= 15 is 0 Å². The molecule has 6 heteroatoms. The largest absolute Gasteiger partial charge is 0.477 e. The maximum atomic E-state index is 14.0. The fourth-order valence-electron chi connectivity index (χ4n) is 2.55. The van der Waals surface area contributed by atoms with Crippen LogP contribution in [0.25, 0.3) is 11.3 Å². The van der Waals surface area contributed by atoms with Crippen molar-refractivity contribution in [2.45, 2.75) is 19.3 Å². The van der Waals surface area contributed by atoms with Crippen LogP contribution in [0, 0.1) is 5.82 Å². The van der Waals surface area contributed by atoms with E-state index in [4.69, 9.17) is 5.11 Å². The minimum atomic E-state index is -1.08. The van der Waals surface area contributed by atoms with E-state index in [0.717, 1.165) is 6.20 Å². The van der Waals surface area contributed by atoms with E-state index in [-0.39, 0.29) is 5.69 Å². The third kappa shape index (κ3) is 3.24. The van der Waals surface area contributed by atoms with Crippen LogP contribution in [0.1, 0.15) is 35.7 Å². The standard InChI is InChI=1S/C19H16FN3O2/c1-19(2,17-8-4-6-15(23-17)18(24)25)16-7-3-5-14(22-16)12-9-10-21-11-13(12)20/h3-11H,1-2H3,(H,24,25). The van der Waals surface area contributed by atoms with Crippen LogP contribution in [0.15, 0.2) is 54.9 Å². The van der Waals surface area contributed by atoms with E-state index in [9.17, 15) is 9.18 Å². The molecule has 0 aliphatic carbocycles. The monoisotopic (exact) mass is 337 g/mol. The molecule has 0 aliphatic rings. The molecule has 0 atom stereocenters. The zero-order chi connectivity index (χ0) is 18.0. The highest BCUT2D eigenvalue weighted by Crippen LogP contribution is 2.31. The molecule has 0 spiro atoms. The van der Waals surface area contributed by atoms with Gasteiger partial charge in [0.1, 0.15) is 5.69 Å². The summed E-state index contributed by atoms with van der Waals surface area (Å²) in [5, 5.41) is 9.14. The molecular weight excluding hydrogens is 321 g/mol. The first kappa shape index (κ1) is 16.7. The Balaban J connectivity index is 2.07. The second-order valence-corrected chi connectivity index (χ2v) is 6.10. The topological polar surface area (TPSA) is 76.0 Å². The molecule has 0 unspecified atom stereocenters. The molecule has 1 N–H and O–H groups in total. The number of aromatic nitrogens is 3. The normalized spacial score (nSPS) is 11.3. The highest BCUT2D eigenvalue weighted by molar-refractivity contribution is 5.85. The lowest BCUT2D eigenvalue weighted by molar-refractivity contribution is 0.0690. The first-order chi connectivity index (χ1) is 11.9. The fourth-order valence-corrected chi connectivity index (χ4v) is 2.55. The zero-order valence-corrected chi connectivity index (χ0v) is 13.8. The van der Waals surface area contributed by atoms with Gasteiger partial charge in [0.2, 0.25) is 0 Å². The number of rotatable bonds is 4. The average Bonchev–Trinajstić information content (AvgIpc) is 2.62. The van der Waals surface area contributed by atoms with Crippen molar-refractivity contribution in [3.8, 4) is 11.3 Å². The van der Waals surface area contributed by atoms with E-state index in [1.807, 2.05) is 19.9 Å².